The number of rotatable bonds is 8. The maximum atomic E-state index is 12.9. The Labute approximate surface area is 179 Å². The van der Waals surface area contributed by atoms with Gasteiger partial charge in [0, 0.05) is 30.3 Å². The fraction of sp³-hybridized carbons (Fsp3) is 0.273. The monoisotopic (exact) mass is 424 g/mol. The Morgan fingerprint density at radius 3 is 2.58 bits per heavy atom. The molecule has 0 radical (unpaired) electrons. The molecule has 1 N–H and O–H groups in total. The van der Waals surface area contributed by atoms with Crippen LogP contribution >= 0.6 is 0 Å². The van der Waals surface area contributed by atoms with Crippen molar-refractivity contribution in [3.63, 3.8) is 0 Å². The highest BCUT2D eigenvalue weighted by Crippen LogP contribution is 2.33. The molecule has 0 fully saturated rings. The highest BCUT2D eigenvalue weighted by atomic mass is 16.6. The van der Waals surface area contributed by atoms with Crippen molar-refractivity contribution in [1.29, 1.82) is 0 Å². The Bertz CT molecular complexity index is 1110. The maximum Gasteiger partial charge on any atom is 0.271 e. The van der Waals surface area contributed by atoms with E-state index in [0.717, 1.165) is 0 Å². The van der Waals surface area contributed by atoms with Gasteiger partial charge in [0.25, 0.3) is 11.6 Å². The Kier molecular flexibility index (Phi) is 6.54. The summed E-state index contributed by atoms with van der Waals surface area (Å²) in [6.07, 6.45) is 0. The summed E-state index contributed by atoms with van der Waals surface area (Å²) >= 11 is 0. The Hall–Kier alpha value is -3.88. The number of methoxy groups -OCH3 is 2. The number of benzene rings is 2. The van der Waals surface area contributed by atoms with E-state index in [0.29, 0.717) is 35.0 Å². The van der Waals surface area contributed by atoms with Gasteiger partial charge < -0.3 is 14.8 Å². The first-order valence-electron chi connectivity index (χ1n) is 9.69. The number of non-ortho nitro benzene ring substituents is 1. The van der Waals surface area contributed by atoms with Crippen molar-refractivity contribution >= 4 is 11.6 Å². The van der Waals surface area contributed by atoms with Gasteiger partial charge >= 0.3 is 0 Å². The Morgan fingerprint density at radius 1 is 1.16 bits per heavy atom. The number of hydrogen-bond donors (Lipinski definition) is 1. The van der Waals surface area contributed by atoms with Gasteiger partial charge in [-0.25, -0.2) is 4.68 Å². The second kappa shape index (κ2) is 9.29. The molecule has 1 aromatic heterocycles. The summed E-state index contributed by atoms with van der Waals surface area (Å²) in [7, 11) is 3.09. The van der Waals surface area contributed by atoms with Gasteiger partial charge in [-0.15, -0.1) is 0 Å². The molecule has 0 aliphatic rings. The third-order valence-electron chi connectivity index (χ3n) is 4.58. The quantitative estimate of drug-likeness (QED) is 0.435. The van der Waals surface area contributed by atoms with Gasteiger partial charge in [-0.05, 0) is 30.2 Å². The van der Waals surface area contributed by atoms with Gasteiger partial charge in [0.15, 0.2) is 0 Å². The summed E-state index contributed by atoms with van der Waals surface area (Å²) in [6.45, 7) is 4.47. The van der Waals surface area contributed by atoms with Crippen LogP contribution in [0.15, 0.2) is 48.5 Å². The lowest BCUT2D eigenvalue weighted by Gasteiger charge is -2.10. The zero-order valence-corrected chi connectivity index (χ0v) is 17.8. The second-order valence-corrected chi connectivity index (χ2v) is 7.27. The SMILES string of the molecule is COc1ccc(-c2cc(C(=O)NCC(C)C)n(-c3cccc([N+](=O)[O-])c3)n2)c(OC)c1. The third kappa shape index (κ3) is 4.82. The summed E-state index contributed by atoms with van der Waals surface area (Å²) in [5, 5.41) is 18.7. The van der Waals surface area contributed by atoms with Crippen LogP contribution in [-0.4, -0.2) is 41.4 Å². The summed E-state index contributed by atoms with van der Waals surface area (Å²) < 4.78 is 12.1. The van der Waals surface area contributed by atoms with Gasteiger partial charge in [-0.3, -0.25) is 14.9 Å². The minimum atomic E-state index is -0.487. The number of ether oxygens (including phenoxy) is 2. The number of carbonyl (C=O) groups excluding carboxylic acids is 1. The van der Waals surface area contributed by atoms with E-state index < -0.39 is 4.92 Å². The van der Waals surface area contributed by atoms with Crippen molar-refractivity contribution < 1.29 is 19.2 Å². The number of aromatic nitrogens is 2. The maximum absolute atomic E-state index is 12.9. The third-order valence-corrected chi connectivity index (χ3v) is 4.58. The van der Waals surface area contributed by atoms with Crippen molar-refractivity contribution in [1.82, 2.24) is 15.1 Å². The van der Waals surface area contributed by atoms with E-state index in [2.05, 4.69) is 10.4 Å². The molecule has 0 aliphatic heterocycles. The number of nitro benzene ring substituents is 1. The van der Waals surface area contributed by atoms with E-state index in [1.54, 1.807) is 43.5 Å². The minimum absolute atomic E-state index is 0.0925. The molecule has 9 heteroatoms. The molecule has 1 heterocycles. The van der Waals surface area contributed by atoms with Crippen LogP contribution in [0.1, 0.15) is 24.3 Å². The molecule has 0 aliphatic carbocycles. The fourth-order valence-corrected chi connectivity index (χ4v) is 3.01. The number of hydrogen-bond acceptors (Lipinski definition) is 6. The first kappa shape index (κ1) is 21.8. The minimum Gasteiger partial charge on any atom is -0.497 e. The van der Waals surface area contributed by atoms with Crippen LogP contribution in [0.4, 0.5) is 5.69 Å². The number of nitro groups is 1. The predicted octanol–water partition coefficient (Wildman–Crippen LogP) is 3.85. The molecule has 9 nitrogen and oxygen atoms in total. The molecule has 0 saturated carbocycles. The van der Waals surface area contributed by atoms with Crippen molar-refractivity contribution in [2.75, 3.05) is 20.8 Å². The molecular weight excluding hydrogens is 400 g/mol. The molecular formula is C22H24N4O5. The Balaban J connectivity index is 2.13. The standard InChI is InChI=1S/C22H24N4O5/c1-14(2)13-23-22(27)20-12-19(18-9-8-17(30-3)11-21(18)31-4)24-25(20)15-6-5-7-16(10-15)26(28)29/h5-12,14H,13H2,1-4H3,(H,23,27). The zero-order chi connectivity index (χ0) is 22.5. The topological polar surface area (TPSA) is 109 Å². The summed E-state index contributed by atoms with van der Waals surface area (Å²) in [6, 6.07) is 12.9. The van der Waals surface area contributed by atoms with Gasteiger partial charge in [-0.1, -0.05) is 19.9 Å². The van der Waals surface area contributed by atoms with Gasteiger partial charge in [0.05, 0.1) is 30.5 Å². The molecule has 0 atom stereocenters. The molecule has 162 valence electrons. The van der Waals surface area contributed by atoms with E-state index in [1.807, 2.05) is 13.8 Å². The average Bonchev–Trinajstić information content (AvgIpc) is 3.22. The molecule has 0 saturated heterocycles. The average molecular weight is 424 g/mol. The van der Waals surface area contributed by atoms with Gasteiger partial charge in [0.1, 0.15) is 17.2 Å². The molecule has 0 bridgehead atoms. The van der Waals surface area contributed by atoms with E-state index in [4.69, 9.17) is 9.47 Å². The molecule has 1 amide bonds. The van der Waals surface area contributed by atoms with E-state index in [-0.39, 0.29) is 23.2 Å². The second-order valence-electron chi connectivity index (χ2n) is 7.27. The number of nitrogens with one attached hydrogen (secondary N) is 1. The summed E-state index contributed by atoms with van der Waals surface area (Å²) in [5.74, 6) is 1.08. The van der Waals surface area contributed by atoms with E-state index in [1.165, 1.54) is 23.9 Å². The van der Waals surface area contributed by atoms with E-state index >= 15 is 0 Å². The molecule has 3 aromatic rings. The summed E-state index contributed by atoms with van der Waals surface area (Å²) in [4.78, 5) is 23.6. The first-order valence-corrected chi connectivity index (χ1v) is 9.69. The largest absolute Gasteiger partial charge is 0.497 e. The van der Waals surface area contributed by atoms with E-state index in [9.17, 15) is 14.9 Å². The lowest BCUT2D eigenvalue weighted by Crippen LogP contribution is -2.29. The van der Waals surface area contributed by atoms with Crippen molar-refractivity contribution in [2.24, 2.45) is 5.92 Å². The fourth-order valence-electron chi connectivity index (χ4n) is 3.01. The van der Waals surface area contributed by atoms with Crippen LogP contribution in [0.5, 0.6) is 11.5 Å². The molecule has 0 unspecified atom stereocenters. The first-order chi connectivity index (χ1) is 14.8. The van der Waals surface area contributed by atoms with Crippen LogP contribution in [0.2, 0.25) is 0 Å². The van der Waals surface area contributed by atoms with Crippen LogP contribution in [0.25, 0.3) is 16.9 Å². The smallest absolute Gasteiger partial charge is 0.271 e. The summed E-state index contributed by atoms with van der Waals surface area (Å²) in [5.41, 5.74) is 1.72. The van der Waals surface area contributed by atoms with Crippen molar-refractivity contribution in [3.8, 4) is 28.4 Å². The predicted molar refractivity (Wildman–Crippen MR) is 116 cm³/mol. The highest BCUT2D eigenvalue weighted by molar-refractivity contribution is 5.94. The molecule has 3 rings (SSSR count). The molecule has 31 heavy (non-hydrogen) atoms. The molecule has 0 spiro atoms. The lowest BCUT2D eigenvalue weighted by molar-refractivity contribution is -0.384. The van der Waals surface area contributed by atoms with Gasteiger partial charge in [0.2, 0.25) is 0 Å². The molecule has 2 aromatic carbocycles. The number of amides is 1. The highest BCUT2D eigenvalue weighted by Gasteiger charge is 2.21. The van der Waals surface area contributed by atoms with Crippen LogP contribution in [0.3, 0.4) is 0 Å². The normalized spacial score (nSPS) is 10.7. The van der Waals surface area contributed by atoms with Gasteiger partial charge in [-0.2, -0.15) is 5.10 Å². The van der Waals surface area contributed by atoms with Crippen LogP contribution in [-0.2, 0) is 0 Å². The number of nitrogens with zero attached hydrogens (tertiary/aromatic N) is 3. The van der Waals surface area contributed by atoms with Crippen molar-refractivity contribution in [3.05, 3.63) is 64.3 Å². The lowest BCUT2D eigenvalue weighted by atomic mass is 10.1. The van der Waals surface area contributed by atoms with Crippen LogP contribution in [0, 0.1) is 16.0 Å². The Morgan fingerprint density at radius 2 is 1.94 bits per heavy atom. The zero-order valence-electron chi connectivity index (χ0n) is 17.8. The van der Waals surface area contributed by atoms with Crippen molar-refractivity contribution in [2.45, 2.75) is 13.8 Å². The van der Waals surface area contributed by atoms with Crippen LogP contribution < -0.4 is 14.8 Å². The number of carbonyl (C=O) groups is 1.